The van der Waals surface area contributed by atoms with E-state index in [-0.39, 0.29) is 0 Å². The van der Waals surface area contributed by atoms with E-state index in [1.807, 2.05) is 13.0 Å². The van der Waals surface area contributed by atoms with Crippen LogP contribution in [-0.4, -0.2) is 9.97 Å². The normalized spacial score (nSPS) is 9.83. The van der Waals surface area contributed by atoms with Gasteiger partial charge in [-0.25, -0.2) is 4.98 Å². The molecule has 2 rings (SSSR count). The van der Waals surface area contributed by atoms with Gasteiger partial charge in [0.15, 0.2) is 0 Å². The fraction of sp³-hybridized carbons (Fsp3) is 0.154. The lowest BCUT2D eigenvalue weighted by Crippen LogP contribution is -1.97. The smallest absolute Gasteiger partial charge is 0.222 e. The topological polar surface area (TPSA) is 84.8 Å². The third kappa shape index (κ3) is 2.55. The number of benzene rings is 1. The molecular weight excluding hydrogens is 228 g/mol. The Morgan fingerprint density at radius 2 is 2.00 bits per heavy atom. The maximum absolute atomic E-state index is 9.01. The number of nitrogen functional groups attached to an aromatic ring is 1. The molecule has 5 heteroatoms. The van der Waals surface area contributed by atoms with Crippen molar-refractivity contribution in [1.82, 2.24) is 9.97 Å². The van der Waals surface area contributed by atoms with E-state index in [2.05, 4.69) is 9.97 Å². The average molecular weight is 240 g/mol. The summed E-state index contributed by atoms with van der Waals surface area (Å²) in [6.45, 7) is 3.64. The summed E-state index contributed by atoms with van der Waals surface area (Å²) in [7, 11) is 0. The first kappa shape index (κ1) is 11.9. The SMILES string of the molecule is Cc1cc(Oc2ccc(N)cc2C#N)nc(C)n1. The molecular formula is C13H12N4O. The zero-order chi connectivity index (χ0) is 13.1. The third-order valence-corrected chi connectivity index (χ3v) is 2.28. The van der Waals surface area contributed by atoms with Crippen molar-refractivity contribution in [3.8, 4) is 17.7 Å². The first-order valence-electron chi connectivity index (χ1n) is 5.38. The van der Waals surface area contributed by atoms with E-state index in [0.717, 1.165) is 5.69 Å². The fourth-order valence-corrected chi connectivity index (χ4v) is 1.57. The molecule has 1 aromatic heterocycles. The van der Waals surface area contributed by atoms with E-state index in [4.69, 9.17) is 15.7 Å². The predicted molar refractivity (Wildman–Crippen MR) is 67.1 cm³/mol. The van der Waals surface area contributed by atoms with Gasteiger partial charge in [-0.05, 0) is 32.0 Å². The molecule has 0 aliphatic rings. The summed E-state index contributed by atoms with van der Waals surface area (Å²) in [5.41, 5.74) is 7.32. The summed E-state index contributed by atoms with van der Waals surface area (Å²) in [5.74, 6) is 1.48. The van der Waals surface area contributed by atoms with E-state index < -0.39 is 0 Å². The number of rotatable bonds is 2. The Morgan fingerprint density at radius 1 is 1.22 bits per heavy atom. The Kier molecular flexibility index (Phi) is 3.11. The van der Waals surface area contributed by atoms with Gasteiger partial charge in [-0.3, -0.25) is 0 Å². The molecule has 0 atom stereocenters. The molecule has 1 aromatic carbocycles. The van der Waals surface area contributed by atoms with Crippen molar-refractivity contribution in [3.63, 3.8) is 0 Å². The minimum Gasteiger partial charge on any atom is -0.438 e. The molecule has 0 bridgehead atoms. The fourth-order valence-electron chi connectivity index (χ4n) is 1.57. The number of anilines is 1. The second-order valence-electron chi connectivity index (χ2n) is 3.86. The molecule has 0 amide bonds. The highest BCUT2D eigenvalue weighted by molar-refractivity contribution is 5.53. The molecule has 90 valence electrons. The summed E-state index contributed by atoms with van der Waals surface area (Å²) in [4.78, 5) is 8.31. The first-order chi connectivity index (χ1) is 8.58. The minimum atomic E-state index is 0.379. The van der Waals surface area contributed by atoms with Crippen molar-refractivity contribution in [2.45, 2.75) is 13.8 Å². The van der Waals surface area contributed by atoms with Gasteiger partial charge in [0, 0.05) is 17.4 Å². The van der Waals surface area contributed by atoms with Crippen LogP contribution in [0.2, 0.25) is 0 Å². The molecule has 18 heavy (non-hydrogen) atoms. The summed E-state index contributed by atoms with van der Waals surface area (Å²) < 4.78 is 5.59. The van der Waals surface area contributed by atoms with Gasteiger partial charge in [-0.1, -0.05) is 0 Å². The molecule has 0 aliphatic carbocycles. The van der Waals surface area contributed by atoms with Gasteiger partial charge < -0.3 is 10.5 Å². The molecule has 0 radical (unpaired) electrons. The lowest BCUT2D eigenvalue weighted by atomic mass is 10.2. The van der Waals surface area contributed by atoms with Crippen LogP contribution in [0.25, 0.3) is 0 Å². The molecule has 0 saturated heterocycles. The quantitative estimate of drug-likeness (QED) is 0.814. The van der Waals surface area contributed by atoms with Crippen LogP contribution in [-0.2, 0) is 0 Å². The monoisotopic (exact) mass is 240 g/mol. The number of hydrogen-bond acceptors (Lipinski definition) is 5. The van der Waals surface area contributed by atoms with Crippen molar-refractivity contribution < 1.29 is 4.74 Å². The summed E-state index contributed by atoms with van der Waals surface area (Å²) in [5, 5.41) is 9.01. The largest absolute Gasteiger partial charge is 0.438 e. The molecule has 0 fully saturated rings. The van der Waals surface area contributed by atoms with Crippen molar-refractivity contribution in [2.24, 2.45) is 0 Å². The summed E-state index contributed by atoms with van der Waals surface area (Å²) in [6, 6.07) is 8.65. The van der Waals surface area contributed by atoms with E-state index in [9.17, 15) is 0 Å². The number of nitriles is 1. The van der Waals surface area contributed by atoms with Gasteiger partial charge in [-0.2, -0.15) is 10.2 Å². The summed E-state index contributed by atoms with van der Waals surface area (Å²) >= 11 is 0. The van der Waals surface area contributed by atoms with Gasteiger partial charge in [0.1, 0.15) is 17.6 Å². The third-order valence-electron chi connectivity index (χ3n) is 2.28. The van der Waals surface area contributed by atoms with Gasteiger partial charge >= 0.3 is 0 Å². The first-order valence-corrected chi connectivity index (χ1v) is 5.38. The van der Waals surface area contributed by atoms with Crippen LogP contribution in [0.1, 0.15) is 17.1 Å². The van der Waals surface area contributed by atoms with Crippen LogP contribution in [0, 0.1) is 25.2 Å². The van der Waals surface area contributed by atoms with Crippen LogP contribution >= 0.6 is 0 Å². The second kappa shape index (κ2) is 4.72. The van der Waals surface area contributed by atoms with E-state index >= 15 is 0 Å². The molecule has 0 saturated carbocycles. The van der Waals surface area contributed by atoms with Crippen LogP contribution in [0.15, 0.2) is 24.3 Å². The Labute approximate surface area is 105 Å². The molecule has 0 unspecified atom stereocenters. The molecule has 2 aromatic rings. The van der Waals surface area contributed by atoms with Crippen molar-refractivity contribution in [3.05, 3.63) is 41.3 Å². The van der Waals surface area contributed by atoms with Crippen molar-refractivity contribution >= 4 is 5.69 Å². The molecule has 1 heterocycles. The number of nitrogens with zero attached hydrogens (tertiary/aromatic N) is 3. The van der Waals surface area contributed by atoms with Crippen molar-refractivity contribution in [2.75, 3.05) is 5.73 Å². The summed E-state index contributed by atoms with van der Waals surface area (Å²) in [6.07, 6.45) is 0. The maximum atomic E-state index is 9.01. The van der Waals surface area contributed by atoms with Gasteiger partial charge in [-0.15, -0.1) is 0 Å². The van der Waals surface area contributed by atoms with E-state index in [1.165, 1.54) is 0 Å². The van der Waals surface area contributed by atoms with Gasteiger partial charge in [0.25, 0.3) is 0 Å². The molecule has 0 spiro atoms. The molecule has 0 aliphatic heterocycles. The number of nitrogens with two attached hydrogens (primary N) is 1. The number of aromatic nitrogens is 2. The Balaban J connectivity index is 2.37. The van der Waals surface area contributed by atoms with Gasteiger partial charge in [0.05, 0.1) is 5.56 Å². The number of ether oxygens (including phenoxy) is 1. The lowest BCUT2D eigenvalue weighted by Gasteiger charge is -2.08. The Hall–Kier alpha value is -2.61. The van der Waals surface area contributed by atoms with Crippen LogP contribution in [0.3, 0.4) is 0 Å². The van der Waals surface area contributed by atoms with Crippen molar-refractivity contribution in [1.29, 1.82) is 5.26 Å². The maximum Gasteiger partial charge on any atom is 0.222 e. The zero-order valence-corrected chi connectivity index (χ0v) is 10.1. The lowest BCUT2D eigenvalue weighted by molar-refractivity contribution is 0.457. The standard InChI is InChI=1S/C13H12N4O/c1-8-5-13(17-9(2)16-8)18-12-4-3-11(15)6-10(12)7-14/h3-6H,15H2,1-2H3. The average Bonchev–Trinajstić information content (AvgIpc) is 2.30. The highest BCUT2D eigenvalue weighted by Gasteiger charge is 2.07. The highest BCUT2D eigenvalue weighted by Crippen LogP contribution is 2.25. The van der Waals surface area contributed by atoms with Crippen LogP contribution in [0.5, 0.6) is 11.6 Å². The number of aryl methyl sites for hydroxylation is 2. The predicted octanol–water partition coefficient (Wildman–Crippen LogP) is 2.34. The highest BCUT2D eigenvalue weighted by atomic mass is 16.5. The number of hydrogen-bond donors (Lipinski definition) is 1. The van der Waals surface area contributed by atoms with E-state index in [1.54, 1.807) is 31.2 Å². The molecule has 5 nitrogen and oxygen atoms in total. The van der Waals surface area contributed by atoms with E-state index in [0.29, 0.717) is 28.7 Å². The molecule has 2 N–H and O–H groups in total. The zero-order valence-electron chi connectivity index (χ0n) is 10.1. The van der Waals surface area contributed by atoms with Gasteiger partial charge in [0.2, 0.25) is 5.88 Å². The van der Waals surface area contributed by atoms with Crippen LogP contribution < -0.4 is 10.5 Å². The minimum absolute atomic E-state index is 0.379. The Bertz CT molecular complexity index is 611. The second-order valence-corrected chi connectivity index (χ2v) is 3.86. The Morgan fingerprint density at radius 3 is 2.67 bits per heavy atom. The van der Waals surface area contributed by atoms with Crippen LogP contribution in [0.4, 0.5) is 5.69 Å².